The number of nitrogens with two attached hydrogens (primary N) is 1. The van der Waals surface area contributed by atoms with Gasteiger partial charge < -0.3 is 15.9 Å². The summed E-state index contributed by atoms with van der Waals surface area (Å²) < 4.78 is 0. The number of amides is 1. The van der Waals surface area contributed by atoms with Crippen molar-refractivity contribution in [2.45, 2.75) is 11.9 Å². The molecule has 1 unspecified atom stereocenters. The Morgan fingerprint density at radius 2 is 1.78 bits per heavy atom. The van der Waals surface area contributed by atoms with E-state index in [0.717, 1.165) is 5.56 Å². The number of oxime groups is 1. The molecule has 0 aliphatic rings. The van der Waals surface area contributed by atoms with Gasteiger partial charge in [-0.25, -0.2) is 0 Å². The normalized spacial score (nSPS) is 14.0. The van der Waals surface area contributed by atoms with Crippen LogP contribution in [0.1, 0.15) is 18.1 Å². The first-order valence-electron chi connectivity index (χ1n) is 6.98. The zero-order chi connectivity index (χ0) is 16.9. The second-order valence-corrected chi connectivity index (χ2v) is 5.49. The molecule has 0 aliphatic carbocycles. The molecule has 6 heteroatoms. The van der Waals surface area contributed by atoms with Crippen LogP contribution in [0.3, 0.4) is 0 Å². The lowest BCUT2D eigenvalue weighted by molar-refractivity contribution is -0.120. The maximum absolute atomic E-state index is 12.0. The molecule has 23 heavy (non-hydrogen) atoms. The van der Waals surface area contributed by atoms with Crippen LogP contribution in [-0.4, -0.2) is 18.7 Å². The molecular weight excluding hydrogens is 314 g/mol. The standard InChI is InChI=1S/C17H18ClN3O2/c1-12(21-23-2)14-10-6-7-11-15(14)20-17(18,16(19)22)13-8-4-3-5-9-13/h3-11,20H,1-2H3,(H2,19,22). The number of carbonyl (C=O) groups excluding carboxylic acids is 1. The van der Waals surface area contributed by atoms with Crippen LogP contribution in [0.15, 0.2) is 59.8 Å². The second kappa shape index (κ2) is 7.15. The molecule has 1 amide bonds. The molecule has 2 aromatic rings. The molecule has 0 aromatic heterocycles. The van der Waals surface area contributed by atoms with Crippen molar-refractivity contribution in [3.8, 4) is 0 Å². The highest BCUT2D eigenvalue weighted by Gasteiger charge is 2.36. The molecule has 0 aliphatic heterocycles. The van der Waals surface area contributed by atoms with Gasteiger partial charge in [-0.15, -0.1) is 0 Å². The SMILES string of the molecule is CON=C(C)c1ccccc1NC(Cl)(C(N)=O)c1ccccc1. The van der Waals surface area contributed by atoms with E-state index in [-0.39, 0.29) is 0 Å². The number of nitrogens with one attached hydrogen (secondary N) is 1. The van der Waals surface area contributed by atoms with Crippen LogP contribution < -0.4 is 11.1 Å². The zero-order valence-electron chi connectivity index (χ0n) is 12.9. The van der Waals surface area contributed by atoms with Crippen molar-refractivity contribution in [3.05, 3.63) is 65.7 Å². The van der Waals surface area contributed by atoms with E-state index < -0.39 is 10.9 Å². The summed E-state index contributed by atoms with van der Waals surface area (Å²) >= 11 is 6.53. The number of hydrogen-bond acceptors (Lipinski definition) is 4. The van der Waals surface area contributed by atoms with E-state index in [0.29, 0.717) is 17.0 Å². The van der Waals surface area contributed by atoms with E-state index in [4.69, 9.17) is 22.2 Å². The predicted octanol–water partition coefficient (Wildman–Crippen LogP) is 3.05. The number of benzene rings is 2. The van der Waals surface area contributed by atoms with Gasteiger partial charge in [-0.3, -0.25) is 4.79 Å². The molecule has 120 valence electrons. The van der Waals surface area contributed by atoms with Gasteiger partial charge >= 0.3 is 0 Å². The fraction of sp³-hybridized carbons (Fsp3) is 0.176. The van der Waals surface area contributed by atoms with Gasteiger partial charge in [0.05, 0.1) is 5.71 Å². The van der Waals surface area contributed by atoms with Crippen LogP contribution >= 0.6 is 11.6 Å². The first kappa shape index (κ1) is 16.8. The van der Waals surface area contributed by atoms with Crippen molar-refractivity contribution in [3.63, 3.8) is 0 Å². The molecule has 0 fully saturated rings. The topological polar surface area (TPSA) is 76.7 Å². The molecule has 0 saturated carbocycles. The van der Waals surface area contributed by atoms with Crippen LogP contribution in [0.25, 0.3) is 0 Å². The maximum atomic E-state index is 12.0. The van der Waals surface area contributed by atoms with Gasteiger partial charge in [0.2, 0.25) is 5.00 Å². The minimum atomic E-state index is -1.56. The average molecular weight is 332 g/mol. The van der Waals surface area contributed by atoms with Gasteiger partial charge in [0.15, 0.2) is 0 Å². The molecule has 0 heterocycles. The largest absolute Gasteiger partial charge is 0.399 e. The maximum Gasteiger partial charge on any atom is 0.263 e. The van der Waals surface area contributed by atoms with Crippen LogP contribution in [0.2, 0.25) is 0 Å². The Kier molecular flexibility index (Phi) is 5.24. The number of anilines is 1. The minimum Gasteiger partial charge on any atom is -0.399 e. The van der Waals surface area contributed by atoms with Gasteiger partial charge in [-0.1, -0.05) is 65.3 Å². The van der Waals surface area contributed by atoms with Crippen molar-refractivity contribution in [1.29, 1.82) is 0 Å². The molecule has 0 bridgehead atoms. The van der Waals surface area contributed by atoms with Gasteiger partial charge in [-0.05, 0) is 13.0 Å². The summed E-state index contributed by atoms with van der Waals surface area (Å²) in [4.78, 5) is 15.3. The number of carbonyl (C=O) groups is 1. The highest BCUT2D eigenvalue weighted by Crippen LogP contribution is 2.32. The Bertz CT molecular complexity index is 719. The summed E-state index contributed by atoms with van der Waals surface area (Å²) in [6.07, 6.45) is 0. The van der Waals surface area contributed by atoms with Crippen LogP contribution in [-0.2, 0) is 14.6 Å². The Balaban J connectivity index is 2.47. The number of alkyl halides is 1. The lowest BCUT2D eigenvalue weighted by Crippen LogP contribution is -2.43. The fourth-order valence-electron chi connectivity index (χ4n) is 2.22. The number of rotatable bonds is 6. The summed E-state index contributed by atoms with van der Waals surface area (Å²) in [5, 5.41) is 6.95. The van der Waals surface area contributed by atoms with Gasteiger partial charge in [0.25, 0.3) is 5.91 Å². The van der Waals surface area contributed by atoms with E-state index in [9.17, 15) is 4.79 Å². The van der Waals surface area contributed by atoms with Gasteiger partial charge in [0, 0.05) is 16.8 Å². The Morgan fingerprint density at radius 3 is 2.39 bits per heavy atom. The van der Waals surface area contributed by atoms with Crippen LogP contribution in [0, 0.1) is 0 Å². The number of para-hydroxylation sites is 1. The monoisotopic (exact) mass is 331 g/mol. The van der Waals surface area contributed by atoms with E-state index in [1.54, 1.807) is 37.3 Å². The van der Waals surface area contributed by atoms with E-state index in [1.807, 2.05) is 24.3 Å². The Hall–Kier alpha value is -2.53. The number of primary amides is 1. The summed E-state index contributed by atoms with van der Waals surface area (Å²) in [5.74, 6) is -0.693. The van der Waals surface area contributed by atoms with E-state index in [2.05, 4.69) is 10.5 Å². The van der Waals surface area contributed by atoms with Crippen LogP contribution in [0.4, 0.5) is 5.69 Å². The first-order valence-corrected chi connectivity index (χ1v) is 7.36. The number of nitrogens with zero attached hydrogens (tertiary/aromatic N) is 1. The molecule has 2 aromatic carbocycles. The summed E-state index contributed by atoms with van der Waals surface area (Å²) in [5.41, 5.74) is 8.14. The van der Waals surface area contributed by atoms with Crippen molar-refractivity contribution >= 4 is 28.9 Å². The van der Waals surface area contributed by atoms with Crippen molar-refractivity contribution in [1.82, 2.24) is 0 Å². The third kappa shape index (κ3) is 3.63. The fourth-order valence-corrected chi connectivity index (χ4v) is 2.45. The zero-order valence-corrected chi connectivity index (χ0v) is 13.7. The summed E-state index contributed by atoms with van der Waals surface area (Å²) in [6.45, 7) is 1.80. The van der Waals surface area contributed by atoms with Crippen molar-refractivity contribution < 1.29 is 9.63 Å². The quantitative estimate of drug-likeness (QED) is 0.369. The third-order valence-electron chi connectivity index (χ3n) is 3.36. The predicted molar refractivity (Wildman–Crippen MR) is 92.5 cm³/mol. The second-order valence-electron chi connectivity index (χ2n) is 4.92. The highest BCUT2D eigenvalue weighted by molar-refractivity contribution is 6.36. The van der Waals surface area contributed by atoms with Crippen LogP contribution in [0.5, 0.6) is 0 Å². The summed E-state index contributed by atoms with van der Waals surface area (Å²) in [7, 11) is 1.47. The van der Waals surface area contributed by atoms with Crippen molar-refractivity contribution in [2.24, 2.45) is 10.9 Å². The number of hydrogen-bond donors (Lipinski definition) is 2. The van der Waals surface area contributed by atoms with Gasteiger partial charge in [-0.2, -0.15) is 0 Å². The van der Waals surface area contributed by atoms with Gasteiger partial charge in [0.1, 0.15) is 7.11 Å². The molecule has 3 N–H and O–H groups in total. The lowest BCUT2D eigenvalue weighted by Gasteiger charge is -2.27. The molecule has 2 rings (SSSR count). The smallest absolute Gasteiger partial charge is 0.263 e. The van der Waals surface area contributed by atoms with E-state index in [1.165, 1.54) is 7.11 Å². The molecule has 0 saturated heterocycles. The minimum absolute atomic E-state index is 0.560. The first-order chi connectivity index (χ1) is 11.0. The molecular formula is C17H18ClN3O2. The average Bonchev–Trinajstić information content (AvgIpc) is 2.56. The Morgan fingerprint density at radius 1 is 1.17 bits per heavy atom. The highest BCUT2D eigenvalue weighted by atomic mass is 35.5. The molecule has 0 spiro atoms. The molecule has 5 nitrogen and oxygen atoms in total. The third-order valence-corrected chi connectivity index (χ3v) is 3.86. The Labute approximate surface area is 140 Å². The lowest BCUT2D eigenvalue weighted by atomic mass is 10.0. The molecule has 1 atom stereocenters. The van der Waals surface area contributed by atoms with Crippen molar-refractivity contribution in [2.75, 3.05) is 12.4 Å². The molecule has 0 radical (unpaired) electrons. The van der Waals surface area contributed by atoms with E-state index >= 15 is 0 Å². The number of halogens is 1. The summed E-state index contributed by atoms with van der Waals surface area (Å²) in [6, 6.07) is 16.2.